The summed E-state index contributed by atoms with van der Waals surface area (Å²) in [6.07, 6.45) is 5.19. The first-order chi connectivity index (χ1) is 16.2. The molecule has 1 fully saturated rings. The van der Waals surface area contributed by atoms with Gasteiger partial charge in [-0.2, -0.15) is 4.31 Å². The second kappa shape index (κ2) is 10.3. The highest BCUT2D eigenvalue weighted by atomic mass is 32.2. The first kappa shape index (κ1) is 24.4. The minimum absolute atomic E-state index is 0.0612. The van der Waals surface area contributed by atoms with Gasteiger partial charge in [0.25, 0.3) is 0 Å². The van der Waals surface area contributed by atoms with Gasteiger partial charge in [-0.05, 0) is 86.1 Å². The second-order valence-corrected chi connectivity index (χ2v) is 11.5. The molecule has 0 unspecified atom stereocenters. The van der Waals surface area contributed by atoms with Crippen LogP contribution < -0.4 is 10.6 Å². The van der Waals surface area contributed by atoms with E-state index >= 15 is 0 Å². The molecule has 0 saturated carbocycles. The number of hydrogen-bond acceptors (Lipinski definition) is 4. The Morgan fingerprint density at radius 2 is 1.47 bits per heavy atom. The molecule has 182 valence electrons. The molecule has 2 N–H and O–H groups in total. The van der Waals surface area contributed by atoms with Crippen molar-refractivity contribution in [2.45, 2.75) is 57.3 Å². The van der Waals surface area contributed by atoms with Gasteiger partial charge in [-0.1, -0.05) is 19.9 Å². The van der Waals surface area contributed by atoms with Crippen molar-refractivity contribution in [3.8, 4) is 0 Å². The Labute approximate surface area is 202 Å². The zero-order valence-electron chi connectivity index (χ0n) is 19.8. The van der Waals surface area contributed by atoms with E-state index in [4.69, 9.17) is 0 Å². The number of aryl methyl sites for hydroxylation is 2. The topological polar surface area (TPSA) is 95.6 Å². The average Bonchev–Trinajstić information content (AvgIpc) is 2.84. The standard InChI is InChI=1S/C26H33N3O4S/c1-18(2)25(30)27-22-8-10-23(11-9-22)28-26(31)20-13-15-29(16-14-20)34(32,33)24-12-7-19-5-3-4-6-21(19)17-24/h7-12,17-18,20H,3-6,13-16H2,1-2H3,(H,27,30)(H,28,31). The molecule has 2 amide bonds. The van der Waals surface area contributed by atoms with Crippen LogP contribution in [0.25, 0.3) is 0 Å². The molecule has 34 heavy (non-hydrogen) atoms. The Morgan fingerprint density at radius 3 is 2.09 bits per heavy atom. The summed E-state index contributed by atoms with van der Waals surface area (Å²) in [6.45, 7) is 4.32. The van der Waals surface area contributed by atoms with Crippen molar-refractivity contribution in [1.29, 1.82) is 0 Å². The maximum atomic E-state index is 13.2. The van der Waals surface area contributed by atoms with Crippen molar-refractivity contribution >= 4 is 33.2 Å². The maximum absolute atomic E-state index is 13.2. The number of hydrogen-bond donors (Lipinski definition) is 2. The van der Waals surface area contributed by atoms with E-state index in [1.54, 1.807) is 30.3 Å². The molecule has 2 aliphatic rings. The quantitative estimate of drug-likeness (QED) is 0.644. The normalized spacial score (nSPS) is 17.3. The molecule has 1 heterocycles. The molecule has 1 saturated heterocycles. The molecule has 0 atom stereocenters. The molecule has 2 aromatic rings. The smallest absolute Gasteiger partial charge is 0.243 e. The predicted octanol–water partition coefficient (Wildman–Crippen LogP) is 4.20. The highest BCUT2D eigenvalue weighted by Gasteiger charge is 2.32. The fourth-order valence-electron chi connectivity index (χ4n) is 4.55. The first-order valence-corrected chi connectivity index (χ1v) is 13.5. The lowest BCUT2D eigenvalue weighted by Crippen LogP contribution is -2.41. The van der Waals surface area contributed by atoms with Crippen LogP contribution in [0.15, 0.2) is 47.4 Å². The molecule has 1 aliphatic carbocycles. The van der Waals surface area contributed by atoms with Gasteiger partial charge in [0.1, 0.15) is 0 Å². The summed E-state index contributed by atoms with van der Waals surface area (Å²) in [5.41, 5.74) is 3.74. The van der Waals surface area contributed by atoms with Crippen molar-refractivity contribution in [2.24, 2.45) is 11.8 Å². The number of rotatable bonds is 6. The SMILES string of the molecule is CC(C)C(=O)Nc1ccc(NC(=O)C2CCN(S(=O)(=O)c3ccc4c(c3)CCCC4)CC2)cc1. The van der Waals surface area contributed by atoms with Crippen molar-refractivity contribution in [3.05, 3.63) is 53.6 Å². The summed E-state index contributed by atoms with van der Waals surface area (Å²) < 4.78 is 27.9. The van der Waals surface area contributed by atoms with Crippen LogP contribution in [0.1, 0.15) is 50.7 Å². The lowest BCUT2D eigenvalue weighted by Gasteiger charge is -2.31. The Morgan fingerprint density at radius 1 is 0.882 bits per heavy atom. The fourth-order valence-corrected chi connectivity index (χ4v) is 6.07. The lowest BCUT2D eigenvalue weighted by molar-refractivity contribution is -0.121. The summed E-state index contributed by atoms with van der Waals surface area (Å²) in [7, 11) is -3.56. The number of nitrogens with zero attached hydrogens (tertiary/aromatic N) is 1. The molecule has 2 aromatic carbocycles. The summed E-state index contributed by atoms with van der Waals surface area (Å²) in [6, 6.07) is 12.5. The van der Waals surface area contributed by atoms with Crippen molar-refractivity contribution in [2.75, 3.05) is 23.7 Å². The summed E-state index contributed by atoms with van der Waals surface area (Å²) in [5, 5.41) is 5.74. The molecule has 7 nitrogen and oxygen atoms in total. The summed E-state index contributed by atoms with van der Waals surface area (Å²) in [5.74, 6) is -0.518. The highest BCUT2D eigenvalue weighted by Crippen LogP contribution is 2.28. The fraction of sp³-hybridized carbons (Fsp3) is 0.462. The summed E-state index contributed by atoms with van der Waals surface area (Å²) in [4.78, 5) is 24.9. The molecule has 0 aromatic heterocycles. The van der Waals surface area contributed by atoms with Crippen LogP contribution >= 0.6 is 0 Å². The van der Waals surface area contributed by atoms with Gasteiger partial charge in [0, 0.05) is 36.3 Å². The van der Waals surface area contributed by atoms with Crippen LogP contribution in [0.4, 0.5) is 11.4 Å². The Hall–Kier alpha value is -2.71. The monoisotopic (exact) mass is 483 g/mol. The zero-order valence-corrected chi connectivity index (χ0v) is 20.7. The van der Waals surface area contributed by atoms with Gasteiger partial charge in [0.2, 0.25) is 21.8 Å². The summed E-state index contributed by atoms with van der Waals surface area (Å²) >= 11 is 0. The van der Waals surface area contributed by atoms with Gasteiger partial charge in [-0.25, -0.2) is 8.42 Å². The van der Waals surface area contributed by atoms with Crippen LogP contribution in [0, 0.1) is 11.8 Å². The maximum Gasteiger partial charge on any atom is 0.243 e. The van der Waals surface area contributed by atoms with Crippen molar-refractivity contribution in [3.63, 3.8) is 0 Å². The number of fused-ring (bicyclic) bond motifs is 1. The molecule has 0 radical (unpaired) electrons. The first-order valence-electron chi connectivity index (χ1n) is 12.1. The Kier molecular flexibility index (Phi) is 7.38. The number of anilines is 2. The van der Waals surface area contributed by atoms with Gasteiger partial charge in [-0.3, -0.25) is 9.59 Å². The van der Waals surface area contributed by atoms with E-state index in [-0.39, 0.29) is 23.7 Å². The van der Waals surface area contributed by atoms with Crippen molar-refractivity contribution in [1.82, 2.24) is 4.31 Å². The minimum Gasteiger partial charge on any atom is -0.326 e. The van der Waals surface area contributed by atoms with Gasteiger partial charge >= 0.3 is 0 Å². The number of carbonyl (C=O) groups excluding carboxylic acids is 2. The van der Waals surface area contributed by atoms with Crippen LogP contribution in [0.5, 0.6) is 0 Å². The number of nitrogens with one attached hydrogen (secondary N) is 2. The molecular weight excluding hydrogens is 450 g/mol. The van der Waals surface area contributed by atoms with Crippen LogP contribution in [-0.4, -0.2) is 37.6 Å². The Balaban J connectivity index is 1.32. The van der Waals surface area contributed by atoms with Crippen molar-refractivity contribution < 1.29 is 18.0 Å². The van der Waals surface area contributed by atoms with E-state index in [0.29, 0.717) is 42.2 Å². The minimum atomic E-state index is -3.56. The van der Waals surface area contributed by atoms with Crippen LogP contribution in [-0.2, 0) is 32.5 Å². The number of piperidine rings is 1. The molecular formula is C26H33N3O4S. The van der Waals surface area contributed by atoms with Gasteiger partial charge < -0.3 is 10.6 Å². The largest absolute Gasteiger partial charge is 0.326 e. The average molecular weight is 484 g/mol. The van der Waals surface area contributed by atoms with E-state index in [0.717, 1.165) is 31.2 Å². The highest BCUT2D eigenvalue weighted by molar-refractivity contribution is 7.89. The third kappa shape index (κ3) is 5.50. The molecule has 1 aliphatic heterocycles. The zero-order chi connectivity index (χ0) is 24.3. The van der Waals surface area contributed by atoms with E-state index < -0.39 is 10.0 Å². The predicted molar refractivity (Wildman–Crippen MR) is 133 cm³/mol. The van der Waals surface area contributed by atoms with Gasteiger partial charge in [0.05, 0.1) is 4.90 Å². The molecule has 8 heteroatoms. The van der Waals surface area contributed by atoms with E-state index in [1.807, 2.05) is 26.0 Å². The third-order valence-corrected chi connectivity index (χ3v) is 8.62. The lowest BCUT2D eigenvalue weighted by atomic mass is 9.92. The van der Waals surface area contributed by atoms with Gasteiger partial charge in [0.15, 0.2) is 0 Å². The number of amides is 2. The molecule has 4 rings (SSSR count). The van der Waals surface area contributed by atoms with E-state index in [2.05, 4.69) is 10.6 Å². The molecule has 0 bridgehead atoms. The van der Waals surface area contributed by atoms with Crippen LogP contribution in [0.2, 0.25) is 0 Å². The Bertz CT molecular complexity index is 1150. The third-order valence-electron chi connectivity index (χ3n) is 6.73. The van der Waals surface area contributed by atoms with E-state index in [1.165, 1.54) is 9.87 Å². The van der Waals surface area contributed by atoms with Gasteiger partial charge in [-0.15, -0.1) is 0 Å². The molecule has 0 spiro atoms. The number of sulfonamides is 1. The second-order valence-electron chi connectivity index (χ2n) is 9.53. The number of carbonyl (C=O) groups is 2. The van der Waals surface area contributed by atoms with Crippen LogP contribution in [0.3, 0.4) is 0 Å². The number of benzene rings is 2. The van der Waals surface area contributed by atoms with E-state index in [9.17, 15) is 18.0 Å².